The Morgan fingerprint density at radius 3 is 2.78 bits per heavy atom. The van der Waals surface area contributed by atoms with Gasteiger partial charge in [-0.2, -0.15) is 5.26 Å². The number of rotatable bonds is 6. The maximum Gasteiger partial charge on any atom is 0.327 e. The van der Waals surface area contributed by atoms with Gasteiger partial charge in [0.2, 0.25) is 0 Å². The highest BCUT2D eigenvalue weighted by molar-refractivity contribution is 6.09. The maximum absolute atomic E-state index is 12.8. The van der Waals surface area contributed by atoms with Crippen molar-refractivity contribution in [2.75, 3.05) is 20.1 Å². The van der Waals surface area contributed by atoms with Crippen molar-refractivity contribution >= 4 is 23.8 Å². The lowest BCUT2D eigenvalue weighted by Gasteiger charge is -2.36. The zero-order chi connectivity index (χ0) is 20.2. The summed E-state index contributed by atoms with van der Waals surface area (Å²) in [4.78, 5) is 51.5. The summed E-state index contributed by atoms with van der Waals surface area (Å²) in [6.45, 7) is 3.04. The van der Waals surface area contributed by atoms with Crippen LogP contribution in [-0.4, -0.2) is 65.4 Å². The molecule has 9 heteroatoms. The second kappa shape index (κ2) is 8.37. The van der Waals surface area contributed by atoms with Gasteiger partial charge in [-0.3, -0.25) is 19.3 Å². The molecule has 0 aromatic carbocycles. The monoisotopic (exact) mass is 378 g/mol. The van der Waals surface area contributed by atoms with E-state index in [-0.39, 0.29) is 18.9 Å². The van der Waals surface area contributed by atoms with E-state index >= 15 is 0 Å². The molecule has 9 nitrogen and oxygen atoms in total. The van der Waals surface area contributed by atoms with Gasteiger partial charge in [-0.05, 0) is 25.7 Å². The van der Waals surface area contributed by atoms with Gasteiger partial charge in [-0.25, -0.2) is 4.79 Å². The third kappa shape index (κ3) is 4.21. The minimum atomic E-state index is -1.07. The van der Waals surface area contributed by atoms with Crippen LogP contribution in [0.3, 0.4) is 0 Å². The van der Waals surface area contributed by atoms with E-state index in [1.165, 1.54) is 18.9 Å². The second-order valence-electron chi connectivity index (χ2n) is 7.24. The number of imide groups is 1. The molecule has 3 atom stereocenters. The van der Waals surface area contributed by atoms with Gasteiger partial charge in [0.1, 0.15) is 12.1 Å². The molecule has 1 N–H and O–H groups in total. The summed E-state index contributed by atoms with van der Waals surface area (Å²) >= 11 is 0. The summed E-state index contributed by atoms with van der Waals surface area (Å²) < 4.78 is 5.09. The number of amides is 4. The number of nitriles is 1. The molecule has 0 bridgehead atoms. The Kier molecular flexibility index (Phi) is 6.41. The molecule has 1 saturated heterocycles. The third-order valence-electron chi connectivity index (χ3n) is 5.38. The van der Waals surface area contributed by atoms with Gasteiger partial charge >= 0.3 is 12.0 Å². The smallest absolute Gasteiger partial charge is 0.327 e. The normalized spacial score (nSPS) is 25.7. The predicted octanol–water partition coefficient (Wildman–Crippen LogP) is 0.791. The average Bonchev–Trinajstić information content (AvgIpc) is 2.86. The van der Waals surface area contributed by atoms with Gasteiger partial charge in [0.25, 0.3) is 11.8 Å². The molecule has 0 aromatic heterocycles. The van der Waals surface area contributed by atoms with Gasteiger partial charge in [0.15, 0.2) is 6.10 Å². The summed E-state index contributed by atoms with van der Waals surface area (Å²) in [5.74, 6) is -1.68. The first-order valence-electron chi connectivity index (χ1n) is 9.18. The lowest BCUT2D eigenvalue weighted by Crippen LogP contribution is -2.54. The van der Waals surface area contributed by atoms with Crippen molar-refractivity contribution in [1.82, 2.24) is 15.1 Å². The fourth-order valence-corrected chi connectivity index (χ4v) is 3.69. The summed E-state index contributed by atoms with van der Waals surface area (Å²) in [5, 5.41) is 11.3. The van der Waals surface area contributed by atoms with Gasteiger partial charge in [-0.15, -0.1) is 0 Å². The first-order valence-corrected chi connectivity index (χ1v) is 9.18. The largest absolute Gasteiger partial charge is 0.451 e. The van der Waals surface area contributed by atoms with Crippen LogP contribution in [0.4, 0.5) is 4.79 Å². The number of nitrogens with zero attached hydrogens (tertiary/aromatic N) is 3. The van der Waals surface area contributed by atoms with E-state index in [1.54, 1.807) is 0 Å². The molecule has 0 unspecified atom stereocenters. The summed E-state index contributed by atoms with van der Waals surface area (Å²) in [6.07, 6.45) is 2.35. The average molecular weight is 378 g/mol. The molecule has 1 aliphatic carbocycles. The Hall–Kier alpha value is -2.63. The number of esters is 1. The van der Waals surface area contributed by atoms with Gasteiger partial charge in [-0.1, -0.05) is 19.8 Å². The number of ether oxygens (including phenoxy) is 1. The Morgan fingerprint density at radius 2 is 2.15 bits per heavy atom. The molecule has 0 radical (unpaired) electrons. The summed E-state index contributed by atoms with van der Waals surface area (Å²) in [7, 11) is 1.51. The van der Waals surface area contributed by atoms with E-state index < -0.39 is 42.0 Å². The quantitative estimate of drug-likeness (QED) is 0.539. The van der Waals surface area contributed by atoms with Crippen LogP contribution in [0.25, 0.3) is 0 Å². The van der Waals surface area contributed by atoms with E-state index in [2.05, 4.69) is 5.32 Å². The van der Waals surface area contributed by atoms with Crippen molar-refractivity contribution in [3.8, 4) is 6.07 Å². The molecule has 27 heavy (non-hydrogen) atoms. The standard InChI is InChI=1S/C18H26N4O5/c1-12-7-4-5-8-18(12)16(25)22(17(26)20-18)11-14(23)27-13(2)15(24)21(3)10-6-9-19/h12-13H,4-8,10-11H2,1-3H3,(H,20,26)/t12-,13+,18-/m1/s1. The van der Waals surface area contributed by atoms with Crippen molar-refractivity contribution in [3.63, 3.8) is 0 Å². The van der Waals surface area contributed by atoms with Crippen molar-refractivity contribution in [2.45, 2.75) is 57.6 Å². The second-order valence-corrected chi connectivity index (χ2v) is 7.24. The molecule has 2 fully saturated rings. The number of carbonyl (C=O) groups is 4. The van der Waals surface area contributed by atoms with E-state index in [0.29, 0.717) is 6.42 Å². The van der Waals surface area contributed by atoms with E-state index in [1.807, 2.05) is 13.0 Å². The molecule has 2 rings (SSSR count). The molecule has 148 valence electrons. The first-order chi connectivity index (χ1) is 12.7. The van der Waals surface area contributed by atoms with Crippen LogP contribution < -0.4 is 5.32 Å². The molecule has 1 saturated carbocycles. The molecule has 1 heterocycles. The van der Waals surface area contributed by atoms with E-state index in [4.69, 9.17) is 10.00 Å². The Labute approximate surface area is 158 Å². The minimum absolute atomic E-state index is 0.00185. The van der Waals surface area contributed by atoms with E-state index in [9.17, 15) is 19.2 Å². The highest BCUT2D eigenvalue weighted by Gasteiger charge is 2.55. The lowest BCUT2D eigenvalue weighted by atomic mass is 9.73. The van der Waals surface area contributed by atoms with Crippen LogP contribution in [0, 0.1) is 17.2 Å². The van der Waals surface area contributed by atoms with E-state index in [0.717, 1.165) is 24.2 Å². The SMILES string of the molecule is C[C@H](OC(=O)CN1C(=O)N[C@@]2(CCCC[C@H]2C)C1=O)C(=O)N(C)CCC#N. The van der Waals surface area contributed by atoms with Gasteiger partial charge < -0.3 is 15.0 Å². The van der Waals surface area contributed by atoms with Crippen LogP contribution in [-0.2, 0) is 19.1 Å². The van der Waals surface area contributed by atoms with Crippen LogP contribution >= 0.6 is 0 Å². The van der Waals surface area contributed by atoms with Crippen molar-refractivity contribution in [2.24, 2.45) is 5.92 Å². The van der Waals surface area contributed by atoms with Crippen molar-refractivity contribution in [1.29, 1.82) is 5.26 Å². The highest BCUT2D eigenvalue weighted by atomic mass is 16.5. The van der Waals surface area contributed by atoms with Crippen LogP contribution in [0.1, 0.15) is 46.0 Å². The Bertz CT molecular complexity index is 673. The molecule has 0 aromatic rings. The predicted molar refractivity (Wildman–Crippen MR) is 94.0 cm³/mol. The van der Waals surface area contributed by atoms with Crippen molar-refractivity contribution in [3.05, 3.63) is 0 Å². The highest BCUT2D eigenvalue weighted by Crippen LogP contribution is 2.38. The fraction of sp³-hybridized carbons (Fsp3) is 0.722. The molecule has 1 spiro atoms. The lowest BCUT2D eigenvalue weighted by molar-refractivity contribution is -0.160. The number of likely N-dealkylation sites (N-methyl/N-ethyl adjacent to an activating group) is 1. The maximum atomic E-state index is 12.8. The Morgan fingerprint density at radius 1 is 1.44 bits per heavy atom. The zero-order valence-electron chi connectivity index (χ0n) is 16.0. The third-order valence-corrected chi connectivity index (χ3v) is 5.38. The van der Waals surface area contributed by atoms with Gasteiger partial charge in [0, 0.05) is 13.6 Å². The number of urea groups is 1. The number of nitrogens with one attached hydrogen (secondary N) is 1. The number of hydrogen-bond acceptors (Lipinski definition) is 6. The first kappa shape index (κ1) is 20.7. The van der Waals surface area contributed by atoms with Crippen LogP contribution in [0.2, 0.25) is 0 Å². The Balaban J connectivity index is 1.95. The van der Waals surface area contributed by atoms with Crippen molar-refractivity contribution < 1.29 is 23.9 Å². The molecular formula is C18H26N4O5. The fourth-order valence-electron chi connectivity index (χ4n) is 3.69. The van der Waals surface area contributed by atoms with Crippen LogP contribution in [0.15, 0.2) is 0 Å². The molecule has 1 aliphatic heterocycles. The topological polar surface area (TPSA) is 120 Å². The summed E-state index contributed by atoms with van der Waals surface area (Å²) in [6, 6.07) is 1.33. The zero-order valence-corrected chi connectivity index (χ0v) is 16.0. The molecule has 2 aliphatic rings. The molecule has 4 amide bonds. The minimum Gasteiger partial charge on any atom is -0.451 e. The number of carbonyl (C=O) groups excluding carboxylic acids is 4. The number of hydrogen-bond donors (Lipinski definition) is 1. The van der Waals surface area contributed by atoms with Crippen LogP contribution in [0.5, 0.6) is 0 Å². The van der Waals surface area contributed by atoms with Gasteiger partial charge in [0.05, 0.1) is 12.5 Å². The summed E-state index contributed by atoms with van der Waals surface area (Å²) in [5.41, 5.74) is -0.936. The molecular weight excluding hydrogens is 352 g/mol.